The Labute approximate surface area is 185 Å². The Morgan fingerprint density at radius 1 is 0.667 bits per heavy atom. The Balaban J connectivity index is 3.37. The van der Waals surface area contributed by atoms with E-state index in [0.29, 0.717) is 0 Å². The predicted octanol–water partition coefficient (Wildman–Crippen LogP) is 7.99. The van der Waals surface area contributed by atoms with E-state index in [1.807, 2.05) is 6.92 Å². The Morgan fingerprint density at radius 3 is 1.43 bits per heavy atom. The number of rotatable bonds is 22. The molecule has 0 aliphatic carbocycles. The van der Waals surface area contributed by atoms with Gasteiger partial charge in [-0.2, -0.15) is 0 Å². The third-order valence-electron chi connectivity index (χ3n) is 5.73. The van der Waals surface area contributed by atoms with Crippen LogP contribution in [0, 0.1) is 0 Å². The summed E-state index contributed by atoms with van der Waals surface area (Å²) in [4.78, 5) is 21.9. The van der Waals surface area contributed by atoms with Gasteiger partial charge in [-0.1, -0.05) is 117 Å². The molecule has 0 aliphatic heterocycles. The van der Waals surface area contributed by atoms with Gasteiger partial charge in [0.15, 0.2) is 0 Å². The van der Waals surface area contributed by atoms with Crippen LogP contribution < -0.4 is 0 Å². The number of carboxylic acids is 1. The minimum absolute atomic E-state index is 0.104. The highest BCUT2D eigenvalue weighted by molar-refractivity contribution is 5.90. The quantitative estimate of drug-likeness (QED) is 0.109. The van der Waals surface area contributed by atoms with Crippen LogP contribution in [0.1, 0.15) is 136 Å². The summed E-state index contributed by atoms with van der Waals surface area (Å²) in [5, 5.41) is 8.53. The van der Waals surface area contributed by atoms with E-state index in [2.05, 4.69) is 6.92 Å². The highest BCUT2D eigenvalue weighted by Gasteiger charge is 2.10. The van der Waals surface area contributed by atoms with Crippen LogP contribution >= 0.6 is 0 Å². The van der Waals surface area contributed by atoms with Crippen LogP contribution in [0.4, 0.5) is 0 Å². The van der Waals surface area contributed by atoms with Crippen LogP contribution in [-0.2, 0) is 14.3 Å². The molecule has 0 saturated heterocycles. The summed E-state index contributed by atoms with van der Waals surface area (Å²) >= 11 is 0. The van der Waals surface area contributed by atoms with Gasteiger partial charge in [-0.15, -0.1) is 0 Å². The lowest BCUT2D eigenvalue weighted by molar-refractivity contribution is -0.144. The maximum absolute atomic E-state index is 11.5. The maximum atomic E-state index is 11.5. The molecule has 30 heavy (non-hydrogen) atoms. The Kier molecular flexibility index (Phi) is 21.4. The molecule has 1 unspecified atom stereocenters. The van der Waals surface area contributed by atoms with Crippen LogP contribution in [0.5, 0.6) is 0 Å². The second-order valence-corrected chi connectivity index (χ2v) is 8.58. The highest BCUT2D eigenvalue weighted by Crippen LogP contribution is 2.15. The van der Waals surface area contributed by atoms with Crippen LogP contribution in [0.2, 0.25) is 0 Å². The highest BCUT2D eigenvalue weighted by atomic mass is 16.5. The lowest BCUT2D eigenvalue weighted by atomic mass is 10.0. The Bertz CT molecular complexity index is 431. The number of esters is 1. The van der Waals surface area contributed by atoms with Crippen molar-refractivity contribution in [3.8, 4) is 0 Å². The third-order valence-corrected chi connectivity index (χ3v) is 5.73. The number of carbonyl (C=O) groups excluding carboxylic acids is 1. The van der Waals surface area contributed by atoms with Crippen molar-refractivity contribution < 1.29 is 19.4 Å². The van der Waals surface area contributed by atoms with Crippen molar-refractivity contribution >= 4 is 11.9 Å². The van der Waals surface area contributed by atoms with Crippen molar-refractivity contribution in [2.75, 3.05) is 0 Å². The van der Waals surface area contributed by atoms with Crippen LogP contribution in [-0.4, -0.2) is 23.1 Å². The van der Waals surface area contributed by atoms with Crippen molar-refractivity contribution in [2.24, 2.45) is 0 Å². The van der Waals surface area contributed by atoms with Crippen LogP contribution in [0.3, 0.4) is 0 Å². The lowest BCUT2D eigenvalue weighted by Gasteiger charge is -2.14. The monoisotopic (exact) mass is 424 g/mol. The van der Waals surface area contributed by atoms with E-state index in [1.54, 1.807) is 0 Å². The standard InChI is InChI=1S/C26H48O4/c1-3-5-6-7-8-9-10-11-12-13-14-15-16-17-18-19-20-21-24(4-2)30-26(29)23-22-25(27)28/h22-24H,3-21H2,1-2H3,(H,27,28)/b23-22-. The fourth-order valence-electron chi connectivity index (χ4n) is 3.79. The van der Waals surface area contributed by atoms with Gasteiger partial charge < -0.3 is 9.84 Å². The molecule has 4 heteroatoms. The van der Waals surface area contributed by atoms with E-state index in [9.17, 15) is 9.59 Å². The van der Waals surface area contributed by atoms with Gasteiger partial charge in [0.05, 0.1) is 0 Å². The molecule has 0 aromatic rings. The molecule has 0 rings (SSSR count). The summed E-state index contributed by atoms with van der Waals surface area (Å²) in [5.41, 5.74) is 0. The van der Waals surface area contributed by atoms with E-state index in [0.717, 1.165) is 31.4 Å². The second kappa shape index (κ2) is 22.4. The first-order valence-corrected chi connectivity index (χ1v) is 12.7. The average Bonchev–Trinajstić information content (AvgIpc) is 2.73. The number of ether oxygens (including phenoxy) is 1. The first-order chi connectivity index (χ1) is 14.6. The molecule has 0 radical (unpaired) electrons. The van der Waals surface area contributed by atoms with Crippen LogP contribution in [0.15, 0.2) is 12.2 Å². The summed E-state index contributed by atoms with van der Waals surface area (Å²) in [6.45, 7) is 4.27. The molecule has 0 heterocycles. The van der Waals surface area contributed by atoms with Gasteiger partial charge in [0, 0.05) is 12.2 Å². The third kappa shape index (κ3) is 21.4. The summed E-state index contributed by atoms with van der Waals surface area (Å²) in [6, 6.07) is 0. The van der Waals surface area contributed by atoms with Crippen molar-refractivity contribution in [1.82, 2.24) is 0 Å². The van der Waals surface area contributed by atoms with Gasteiger partial charge in [-0.25, -0.2) is 9.59 Å². The van der Waals surface area contributed by atoms with Crippen molar-refractivity contribution in [1.29, 1.82) is 0 Å². The van der Waals surface area contributed by atoms with E-state index >= 15 is 0 Å². The topological polar surface area (TPSA) is 63.6 Å². The molecule has 176 valence electrons. The lowest BCUT2D eigenvalue weighted by Crippen LogP contribution is -2.16. The molecule has 0 amide bonds. The largest absolute Gasteiger partial charge is 0.478 e. The smallest absolute Gasteiger partial charge is 0.331 e. The van der Waals surface area contributed by atoms with Gasteiger partial charge in [-0.3, -0.25) is 0 Å². The van der Waals surface area contributed by atoms with Crippen molar-refractivity contribution in [3.05, 3.63) is 12.2 Å². The van der Waals surface area contributed by atoms with Gasteiger partial charge in [0.25, 0.3) is 0 Å². The molecule has 0 aliphatic rings. The fourth-order valence-corrected chi connectivity index (χ4v) is 3.79. The molecule has 0 spiro atoms. The zero-order valence-electron chi connectivity index (χ0n) is 19.8. The predicted molar refractivity (Wildman–Crippen MR) is 126 cm³/mol. The average molecular weight is 425 g/mol. The minimum atomic E-state index is -1.13. The van der Waals surface area contributed by atoms with Crippen LogP contribution in [0.25, 0.3) is 0 Å². The maximum Gasteiger partial charge on any atom is 0.331 e. The molecule has 0 aromatic heterocycles. The summed E-state index contributed by atoms with van der Waals surface area (Å²) < 4.78 is 5.29. The molecule has 0 bridgehead atoms. The van der Waals surface area contributed by atoms with Crippen molar-refractivity contribution in [3.63, 3.8) is 0 Å². The minimum Gasteiger partial charge on any atom is -0.478 e. The SMILES string of the molecule is CCCCCCCCCCCCCCCCCCCC(CC)OC(=O)/C=C\C(=O)O. The summed E-state index contributed by atoms with van der Waals surface area (Å²) in [6.07, 6.45) is 26.3. The molecule has 0 fully saturated rings. The molecule has 1 N–H and O–H groups in total. The van der Waals surface area contributed by atoms with E-state index < -0.39 is 11.9 Å². The number of aliphatic carboxylic acids is 1. The number of hydrogen-bond donors (Lipinski definition) is 1. The normalized spacial score (nSPS) is 12.3. The molecular weight excluding hydrogens is 376 g/mol. The first-order valence-electron chi connectivity index (χ1n) is 12.7. The van der Waals surface area contributed by atoms with Gasteiger partial charge in [0.1, 0.15) is 6.10 Å². The molecule has 0 aromatic carbocycles. The summed E-state index contributed by atoms with van der Waals surface area (Å²) in [7, 11) is 0. The molecule has 4 nitrogen and oxygen atoms in total. The van der Waals surface area contributed by atoms with Gasteiger partial charge >= 0.3 is 11.9 Å². The Hall–Kier alpha value is -1.32. The number of unbranched alkanes of at least 4 members (excludes halogenated alkanes) is 16. The van der Waals surface area contributed by atoms with E-state index in [1.165, 1.54) is 103 Å². The first kappa shape index (κ1) is 28.7. The number of carboxylic acid groups (broad SMARTS) is 1. The zero-order chi connectivity index (χ0) is 22.3. The molecule has 1 atom stereocenters. The molecular formula is C26H48O4. The fraction of sp³-hybridized carbons (Fsp3) is 0.846. The van der Waals surface area contributed by atoms with Gasteiger partial charge in [0.2, 0.25) is 0 Å². The van der Waals surface area contributed by atoms with E-state index in [4.69, 9.17) is 9.84 Å². The van der Waals surface area contributed by atoms with E-state index in [-0.39, 0.29) is 6.10 Å². The second-order valence-electron chi connectivity index (χ2n) is 8.58. The molecule has 0 saturated carbocycles. The van der Waals surface area contributed by atoms with Crippen molar-refractivity contribution in [2.45, 2.75) is 142 Å². The zero-order valence-corrected chi connectivity index (χ0v) is 19.8. The summed E-state index contributed by atoms with van der Waals surface area (Å²) in [5.74, 6) is -1.69. The number of hydrogen-bond acceptors (Lipinski definition) is 3. The number of carbonyl (C=O) groups is 2. The van der Waals surface area contributed by atoms with Gasteiger partial charge in [-0.05, 0) is 19.3 Å². The Morgan fingerprint density at radius 2 is 1.07 bits per heavy atom.